The molecule has 0 atom stereocenters. The van der Waals surface area contributed by atoms with E-state index in [9.17, 15) is 8.42 Å². The highest BCUT2D eigenvalue weighted by Gasteiger charge is 2.23. The van der Waals surface area contributed by atoms with E-state index in [0.29, 0.717) is 13.2 Å². The lowest BCUT2D eigenvalue weighted by Gasteiger charge is -2.23. The molecule has 0 N–H and O–H groups in total. The highest BCUT2D eigenvalue weighted by Crippen LogP contribution is 2.11. The maximum absolute atomic E-state index is 11.0. The Morgan fingerprint density at radius 3 is 2.64 bits per heavy atom. The molecule has 0 unspecified atom stereocenters. The second-order valence-electron chi connectivity index (χ2n) is 2.29. The maximum atomic E-state index is 11.0. The molecule has 0 aromatic carbocycles. The van der Waals surface area contributed by atoms with Crippen molar-refractivity contribution in [1.82, 2.24) is 4.47 Å². The Kier molecular flexibility index (Phi) is 3.12. The minimum absolute atomic E-state index is 0.410. The average molecular weight is 200 g/mol. The van der Waals surface area contributed by atoms with Crippen molar-refractivity contribution in [2.45, 2.75) is 12.8 Å². The van der Waals surface area contributed by atoms with Gasteiger partial charge in [-0.1, -0.05) is 4.47 Å². The van der Waals surface area contributed by atoms with Crippen molar-refractivity contribution in [2.75, 3.05) is 18.4 Å². The van der Waals surface area contributed by atoms with Crippen LogP contribution in [0.4, 0.5) is 0 Å². The van der Waals surface area contributed by atoms with E-state index in [-0.39, 0.29) is 0 Å². The van der Waals surface area contributed by atoms with E-state index >= 15 is 0 Å². The van der Waals surface area contributed by atoms with Crippen LogP contribution in [0, 0.1) is 0 Å². The summed E-state index contributed by atoms with van der Waals surface area (Å²) < 4.78 is 23.0. The number of halogens is 1. The van der Waals surface area contributed by atoms with Gasteiger partial charge in [0.15, 0.2) is 0 Å². The Hall–Kier alpha value is 0.160. The Morgan fingerprint density at radius 2 is 2.18 bits per heavy atom. The number of hydrogen-bond donors (Lipinski definition) is 0. The van der Waals surface area contributed by atoms with Crippen LogP contribution in [0.5, 0.6) is 0 Å². The monoisotopic (exact) mass is 199 g/mol. The first kappa shape index (κ1) is 9.25. The minimum atomic E-state index is -3.34. The van der Waals surface area contributed by atoms with Gasteiger partial charge in [0.05, 0.1) is 6.61 Å². The summed E-state index contributed by atoms with van der Waals surface area (Å²) in [6, 6.07) is 0. The second-order valence-corrected chi connectivity index (χ2v) is 4.73. The molecule has 1 aliphatic rings. The number of rotatable bonds is 2. The molecule has 1 aliphatic heterocycles. The third-order valence-corrected chi connectivity index (χ3v) is 3.43. The van der Waals surface area contributed by atoms with Crippen LogP contribution in [0.15, 0.2) is 0 Å². The largest absolute Gasteiger partial charge is 0.284 e. The first-order chi connectivity index (χ1) is 5.17. The Labute approximate surface area is 71.1 Å². The fourth-order valence-corrected chi connectivity index (χ4v) is 1.93. The predicted octanol–water partition coefficient (Wildman–Crippen LogP) is 0.540. The molecule has 11 heavy (non-hydrogen) atoms. The van der Waals surface area contributed by atoms with Gasteiger partial charge in [-0.05, 0) is 12.8 Å². The van der Waals surface area contributed by atoms with Crippen LogP contribution in [-0.2, 0) is 14.9 Å². The van der Waals surface area contributed by atoms with Gasteiger partial charge in [0.1, 0.15) is 5.21 Å². The molecule has 0 amide bonds. The molecule has 0 spiro atoms. The number of nitrogens with zero attached hydrogens (tertiary/aromatic N) is 1. The van der Waals surface area contributed by atoms with E-state index in [2.05, 4.69) is 0 Å². The standard InChI is InChI=1S/C5H10ClNO3S/c6-5-11(8,9)7-3-1-2-4-10-7/h1-5H2. The van der Waals surface area contributed by atoms with Gasteiger partial charge in [-0.15, -0.1) is 11.6 Å². The van der Waals surface area contributed by atoms with E-state index in [0.717, 1.165) is 17.3 Å². The van der Waals surface area contributed by atoms with Crippen LogP contribution in [0.3, 0.4) is 0 Å². The van der Waals surface area contributed by atoms with Gasteiger partial charge in [0, 0.05) is 6.54 Å². The van der Waals surface area contributed by atoms with Gasteiger partial charge in [0.2, 0.25) is 10.0 Å². The smallest absolute Gasteiger partial charge is 0.250 e. The Bertz CT molecular complexity index is 210. The van der Waals surface area contributed by atoms with Gasteiger partial charge in [-0.25, -0.2) is 8.42 Å². The van der Waals surface area contributed by atoms with E-state index in [1.807, 2.05) is 0 Å². The summed E-state index contributed by atoms with van der Waals surface area (Å²) in [5.41, 5.74) is 0. The molecule has 0 aromatic heterocycles. The lowest BCUT2D eigenvalue weighted by molar-refractivity contribution is -0.108. The summed E-state index contributed by atoms with van der Waals surface area (Å²) in [7, 11) is -3.34. The molecule has 1 heterocycles. The first-order valence-corrected chi connectivity index (χ1v) is 5.50. The van der Waals surface area contributed by atoms with Crippen LogP contribution >= 0.6 is 11.6 Å². The zero-order chi connectivity index (χ0) is 8.32. The van der Waals surface area contributed by atoms with Crippen LogP contribution in [-0.4, -0.2) is 31.2 Å². The van der Waals surface area contributed by atoms with E-state index in [4.69, 9.17) is 16.4 Å². The van der Waals surface area contributed by atoms with Gasteiger partial charge < -0.3 is 0 Å². The average Bonchev–Trinajstić information content (AvgIpc) is 2.06. The normalized spacial score (nSPS) is 21.9. The third kappa shape index (κ3) is 2.30. The van der Waals surface area contributed by atoms with Crippen molar-refractivity contribution in [3.63, 3.8) is 0 Å². The van der Waals surface area contributed by atoms with Crippen LogP contribution in [0.1, 0.15) is 12.8 Å². The fraction of sp³-hybridized carbons (Fsp3) is 1.00. The first-order valence-electron chi connectivity index (χ1n) is 3.36. The summed E-state index contributed by atoms with van der Waals surface area (Å²) in [6.45, 7) is 0.894. The Morgan fingerprint density at radius 1 is 1.45 bits per heavy atom. The van der Waals surface area contributed by atoms with Gasteiger partial charge >= 0.3 is 0 Å². The molecular weight excluding hydrogens is 190 g/mol. The summed E-state index contributed by atoms with van der Waals surface area (Å²) in [4.78, 5) is 4.89. The second kappa shape index (κ2) is 3.71. The number of hydrogen-bond acceptors (Lipinski definition) is 3. The molecule has 0 aliphatic carbocycles. The van der Waals surface area contributed by atoms with Crippen LogP contribution in [0.2, 0.25) is 0 Å². The summed E-state index contributed by atoms with van der Waals surface area (Å²) in [5, 5.41) is -0.410. The van der Waals surface area contributed by atoms with Gasteiger partial charge in [0.25, 0.3) is 0 Å². The molecule has 6 heteroatoms. The van der Waals surface area contributed by atoms with Crippen molar-refractivity contribution in [1.29, 1.82) is 0 Å². The summed E-state index contributed by atoms with van der Waals surface area (Å²) in [5.74, 6) is 0. The third-order valence-electron chi connectivity index (χ3n) is 1.42. The zero-order valence-electron chi connectivity index (χ0n) is 5.99. The Balaban J connectivity index is 2.58. The maximum Gasteiger partial charge on any atom is 0.250 e. The highest BCUT2D eigenvalue weighted by atomic mass is 35.5. The lowest BCUT2D eigenvalue weighted by Crippen LogP contribution is -2.36. The van der Waals surface area contributed by atoms with Crippen molar-refractivity contribution < 1.29 is 13.3 Å². The number of alkyl halides is 1. The predicted molar refractivity (Wildman–Crippen MR) is 41.5 cm³/mol. The molecule has 1 saturated heterocycles. The molecule has 1 fully saturated rings. The molecular formula is C5H10ClNO3S. The minimum Gasteiger partial charge on any atom is -0.284 e. The topological polar surface area (TPSA) is 46.6 Å². The quantitative estimate of drug-likeness (QED) is 0.610. The summed E-state index contributed by atoms with van der Waals surface area (Å²) >= 11 is 5.22. The van der Waals surface area contributed by atoms with Crippen molar-refractivity contribution in [3.8, 4) is 0 Å². The SMILES string of the molecule is O=S(=O)(CCl)N1CCCCO1. The molecule has 1 rings (SSSR count). The van der Waals surface area contributed by atoms with Crippen molar-refractivity contribution in [2.24, 2.45) is 0 Å². The van der Waals surface area contributed by atoms with Gasteiger partial charge in [-0.3, -0.25) is 4.84 Å². The lowest BCUT2D eigenvalue weighted by atomic mass is 10.3. The van der Waals surface area contributed by atoms with E-state index in [1.54, 1.807) is 0 Å². The van der Waals surface area contributed by atoms with E-state index < -0.39 is 15.2 Å². The molecule has 0 radical (unpaired) electrons. The van der Waals surface area contributed by atoms with Crippen LogP contribution in [0.25, 0.3) is 0 Å². The molecule has 4 nitrogen and oxygen atoms in total. The van der Waals surface area contributed by atoms with Crippen molar-refractivity contribution in [3.05, 3.63) is 0 Å². The number of sulfonamides is 1. The molecule has 0 aromatic rings. The van der Waals surface area contributed by atoms with E-state index in [1.165, 1.54) is 0 Å². The fourth-order valence-electron chi connectivity index (χ4n) is 0.848. The van der Waals surface area contributed by atoms with Crippen LogP contribution < -0.4 is 0 Å². The molecule has 0 saturated carbocycles. The highest BCUT2D eigenvalue weighted by molar-refractivity contribution is 7.90. The molecule has 0 bridgehead atoms. The zero-order valence-corrected chi connectivity index (χ0v) is 7.57. The number of hydroxylamine groups is 1. The van der Waals surface area contributed by atoms with Crippen molar-refractivity contribution >= 4 is 21.6 Å². The van der Waals surface area contributed by atoms with Gasteiger partial charge in [-0.2, -0.15) is 0 Å². The molecule has 66 valence electrons. The summed E-state index contributed by atoms with van der Waals surface area (Å²) in [6.07, 6.45) is 1.75.